The number of piperidine rings is 1. The summed E-state index contributed by atoms with van der Waals surface area (Å²) in [4.78, 5) is 15.3. The summed E-state index contributed by atoms with van der Waals surface area (Å²) >= 11 is 1.74. The van der Waals surface area contributed by atoms with E-state index in [0.29, 0.717) is 5.92 Å². The number of ether oxygens (including phenoxy) is 2. The van der Waals surface area contributed by atoms with E-state index in [2.05, 4.69) is 24.4 Å². The van der Waals surface area contributed by atoms with Crippen molar-refractivity contribution in [3.63, 3.8) is 0 Å². The molecule has 1 amide bonds. The lowest BCUT2D eigenvalue weighted by Crippen LogP contribution is -2.42. The molecular weight excluding hydrogens is 322 g/mol. The van der Waals surface area contributed by atoms with Crippen molar-refractivity contribution in [3.05, 3.63) is 22.4 Å². The van der Waals surface area contributed by atoms with Gasteiger partial charge in [0.05, 0.1) is 6.10 Å². The normalized spacial score (nSPS) is 20.0. The molecule has 0 N–H and O–H groups in total. The van der Waals surface area contributed by atoms with Gasteiger partial charge in [-0.15, -0.1) is 11.3 Å². The van der Waals surface area contributed by atoms with Crippen molar-refractivity contribution < 1.29 is 14.3 Å². The predicted octanol–water partition coefficient (Wildman–Crippen LogP) is 5.25. The van der Waals surface area contributed by atoms with E-state index in [1.54, 1.807) is 11.3 Å². The van der Waals surface area contributed by atoms with Gasteiger partial charge in [0, 0.05) is 24.6 Å². The number of hydrogen-bond donors (Lipinski definition) is 0. The molecule has 0 saturated carbocycles. The van der Waals surface area contributed by atoms with E-state index in [4.69, 9.17) is 9.47 Å². The van der Waals surface area contributed by atoms with Crippen LogP contribution < -0.4 is 0 Å². The third kappa shape index (κ3) is 6.44. The average molecular weight is 354 g/mol. The summed E-state index contributed by atoms with van der Waals surface area (Å²) in [6.07, 6.45) is 4.42. The Labute approximate surface area is 150 Å². The Balaban J connectivity index is 1.66. The van der Waals surface area contributed by atoms with Gasteiger partial charge in [0.25, 0.3) is 0 Å². The highest BCUT2D eigenvalue weighted by Gasteiger charge is 2.27. The first-order chi connectivity index (χ1) is 11.3. The maximum Gasteiger partial charge on any atom is 0.410 e. The van der Waals surface area contributed by atoms with Gasteiger partial charge in [-0.1, -0.05) is 6.07 Å². The van der Waals surface area contributed by atoms with Crippen LogP contribution in [0.4, 0.5) is 4.79 Å². The maximum atomic E-state index is 12.2. The molecule has 2 heterocycles. The molecule has 0 aromatic carbocycles. The largest absolute Gasteiger partial charge is 0.444 e. The number of nitrogens with zero attached hydrogens (tertiary/aromatic N) is 1. The minimum Gasteiger partial charge on any atom is -0.444 e. The first kappa shape index (κ1) is 19.3. The summed E-state index contributed by atoms with van der Waals surface area (Å²) in [5, 5.41) is 2.09. The minimum atomic E-state index is -0.421. The van der Waals surface area contributed by atoms with Crippen LogP contribution in [-0.4, -0.2) is 36.3 Å². The molecule has 1 aromatic rings. The molecule has 2 rings (SSSR count). The van der Waals surface area contributed by atoms with Crippen molar-refractivity contribution in [2.45, 2.75) is 65.1 Å². The zero-order valence-corrected chi connectivity index (χ0v) is 16.2. The molecule has 1 saturated heterocycles. The molecule has 2 atom stereocenters. The first-order valence-corrected chi connectivity index (χ1v) is 9.86. The van der Waals surface area contributed by atoms with E-state index in [1.165, 1.54) is 11.3 Å². The highest BCUT2D eigenvalue weighted by Crippen LogP contribution is 2.25. The smallest absolute Gasteiger partial charge is 0.410 e. The first-order valence-electron chi connectivity index (χ1n) is 8.98. The lowest BCUT2D eigenvalue weighted by Gasteiger charge is -2.34. The molecule has 1 fully saturated rings. The fourth-order valence-electron chi connectivity index (χ4n) is 3.03. The van der Waals surface area contributed by atoms with Crippen LogP contribution in [0, 0.1) is 5.92 Å². The molecule has 0 unspecified atom stereocenters. The summed E-state index contributed by atoms with van der Waals surface area (Å²) in [5.41, 5.74) is -0.421. The van der Waals surface area contributed by atoms with Crippen LogP contribution in [0.3, 0.4) is 0 Å². The van der Waals surface area contributed by atoms with Crippen molar-refractivity contribution >= 4 is 17.4 Å². The van der Waals surface area contributed by atoms with Crippen molar-refractivity contribution in [1.29, 1.82) is 0 Å². The zero-order chi connectivity index (χ0) is 17.6. The second-order valence-electron chi connectivity index (χ2n) is 7.61. The Morgan fingerprint density at radius 2 is 2.25 bits per heavy atom. The summed E-state index contributed by atoms with van der Waals surface area (Å²) in [5.74, 6) is 0.562. The van der Waals surface area contributed by atoms with E-state index < -0.39 is 5.60 Å². The average Bonchev–Trinajstić information content (AvgIpc) is 3.04. The van der Waals surface area contributed by atoms with E-state index >= 15 is 0 Å². The van der Waals surface area contributed by atoms with Gasteiger partial charge in [0.2, 0.25) is 0 Å². The second-order valence-corrected chi connectivity index (χ2v) is 8.58. The summed E-state index contributed by atoms with van der Waals surface area (Å²) in [6.45, 7) is 10.3. The minimum absolute atomic E-state index is 0.172. The molecule has 0 aliphatic carbocycles. The third-order valence-corrected chi connectivity index (χ3v) is 5.27. The van der Waals surface area contributed by atoms with Crippen molar-refractivity contribution in [2.75, 3.05) is 19.7 Å². The Kier molecular flexibility index (Phi) is 7.11. The quantitative estimate of drug-likeness (QED) is 0.655. The SMILES string of the molecule is C[C@@H](OCCC[C@H]1CCCN(C(=O)OC(C)(C)C)C1)c1cccs1. The fraction of sp³-hybridized carbons (Fsp3) is 0.737. The van der Waals surface area contributed by atoms with Gasteiger partial charge < -0.3 is 14.4 Å². The molecule has 0 bridgehead atoms. The van der Waals surface area contributed by atoms with Gasteiger partial charge in [0.15, 0.2) is 0 Å². The molecule has 1 aliphatic heterocycles. The van der Waals surface area contributed by atoms with Crippen LogP contribution >= 0.6 is 11.3 Å². The number of thiophene rings is 1. The number of likely N-dealkylation sites (tertiary alicyclic amines) is 1. The van der Waals surface area contributed by atoms with Crippen LogP contribution in [-0.2, 0) is 9.47 Å². The maximum absolute atomic E-state index is 12.2. The second kappa shape index (κ2) is 8.86. The lowest BCUT2D eigenvalue weighted by molar-refractivity contribution is 0.0149. The van der Waals surface area contributed by atoms with E-state index in [9.17, 15) is 4.79 Å². The standard InChI is InChI=1S/C19H31NO3S/c1-15(17-10-7-13-24-17)22-12-6-9-16-8-5-11-20(14-16)18(21)23-19(2,3)4/h7,10,13,15-16H,5-6,8-9,11-12,14H2,1-4H3/t15-,16-/m1/s1. The van der Waals surface area contributed by atoms with Gasteiger partial charge in [-0.3, -0.25) is 0 Å². The summed E-state index contributed by atoms with van der Waals surface area (Å²) < 4.78 is 11.4. The topological polar surface area (TPSA) is 38.8 Å². The van der Waals surface area contributed by atoms with E-state index in [-0.39, 0.29) is 12.2 Å². The number of rotatable bonds is 6. The molecule has 1 aliphatic rings. The van der Waals surface area contributed by atoms with E-state index in [1.807, 2.05) is 25.7 Å². The molecule has 1 aromatic heterocycles. The molecule has 0 spiro atoms. The highest BCUT2D eigenvalue weighted by atomic mass is 32.1. The lowest BCUT2D eigenvalue weighted by atomic mass is 9.94. The van der Waals surface area contributed by atoms with E-state index in [0.717, 1.165) is 39.0 Å². The van der Waals surface area contributed by atoms with Crippen molar-refractivity contribution in [1.82, 2.24) is 4.90 Å². The van der Waals surface area contributed by atoms with Gasteiger partial charge in [-0.2, -0.15) is 0 Å². The molecule has 4 nitrogen and oxygen atoms in total. The predicted molar refractivity (Wildman–Crippen MR) is 98.5 cm³/mol. The monoisotopic (exact) mass is 353 g/mol. The van der Waals surface area contributed by atoms with Crippen LogP contribution in [0.5, 0.6) is 0 Å². The molecule has 136 valence electrons. The van der Waals surface area contributed by atoms with Gasteiger partial charge >= 0.3 is 6.09 Å². The number of carbonyl (C=O) groups excluding carboxylic acids is 1. The van der Waals surface area contributed by atoms with Crippen LogP contribution in [0.25, 0.3) is 0 Å². The Morgan fingerprint density at radius 1 is 1.46 bits per heavy atom. The molecular formula is C19H31NO3S. The third-order valence-electron chi connectivity index (χ3n) is 4.24. The Hall–Kier alpha value is -1.07. The zero-order valence-electron chi connectivity index (χ0n) is 15.4. The summed E-state index contributed by atoms with van der Waals surface area (Å²) in [7, 11) is 0. The highest BCUT2D eigenvalue weighted by molar-refractivity contribution is 7.10. The van der Waals surface area contributed by atoms with Crippen molar-refractivity contribution in [2.24, 2.45) is 5.92 Å². The number of hydrogen-bond acceptors (Lipinski definition) is 4. The van der Waals surface area contributed by atoms with Crippen molar-refractivity contribution in [3.8, 4) is 0 Å². The Morgan fingerprint density at radius 3 is 2.92 bits per heavy atom. The number of carbonyl (C=O) groups is 1. The number of amides is 1. The molecule has 24 heavy (non-hydrogen) atoms. The van der Waals surface area contributed by atoms with Gasteiger partial charge in [-0.05, 0) is 70.7 Å². The van der Waals surface area contributed by atoms with Crippen LogP contribution in [0.1, 0.15) is 64.4 Å². The van der Waals surface area contributed by atoms with Gasteiger partial charge in [0.1, 0.15) is 5.60 Å². The fourth-order valence-corrected chi connectivity index (χ4v) is 3.76. The van der Waals surface area contributed by atoms with Gasteiger partial charge in [-0.25, -0.2) is 4.79 Å². The summed E-state index contributed by atoms with van der Waals surface area (Å²) in [6, 6.07) is 4.18. The van der Waals surface area contributed by atoms with Crippen LogP contribution in [0.15, 0.2) is 17.5 Å². The molecule has 5 heteroatoms. The molecule has 0 radical (unpaired) electrons. The van der Waals surface area contributed by atoms with Crippen LogP contribution in [0.2, 0.25) is 0 Å². The Bertz CT molecular complexity index is 495.